The molecule has 2 amide bonds. The summed E-state index contributed by atoms with van der Waals surface area (Å²) >= 11 is 0. The zero-order chi connectivity index (χ0) is 24.9. The molecule has 7 nitrogen and oxygen atoms in total. The first-order chi connectivity index (χ1) is 17.6. The minimum Gasteiger partial charge on any atom is -0.370 e. The standard InChI is InChI=1S/C29H37N5O2/c1-2-23(12-11-22-18-31-26-8-4-3-7-25(22)26)32-27(35)19-34-17-15-21(29(34)36)10-14-24-13-9-20-6-5-16-30-28(20)33-24/h3-4,7-9,13,18,21,23,31H,2,5-6,10-12,14-17,19H2,1H3,(H,30,33)(H,32,35)/t21-,23+/m1/s1. The van der Waals surface area contributed by atoms with E-state index in [1.54, 1.807) is 4.90 Å². The normalized spacial score (nSPS) is 18.2. The van der Waals surface area contributed by atoms with Gasteiger partial charge in [-0.25, -0.2) is 4.98 Å². The third kappa shape index (κ3) is 5.55. The lowest BCUT2D eigenvalue weighted by molar-refractivity contribution is -0.135. The van der Waals surface area contributed by atoms with E-state index in [-0.39, 0.29) is 30.3 Å². The average Bonchev–Trinajstić information content (AvgIpc) is 3.48. The van der Waals surface area contributed by atoms with Gasteiger partial charge in [0.15, 0.2) is 0 Å². The number of aromatic nitrogens is 2. The number of fused-ring (bicyclic) bond motifs is 2. The Morgan fingerprint density at radius 3 is 3.00 bits per heavy atom. The zero-order valence-corrected chi connectivity index (χ0v) is 21.2. The van der Waals surface area contributed by atoms with Crippen molar-refractivity contribution < 1.29 is 9.59 Å². The predicted octanol–water partition coefficient (Wildman–Crippen LogP) is 4.23. The van der Waals surface area contributed by atoms with Crippen molar-refractivity contribution in [3.63, 3.8) is 0 Å². The molecule has 36 heavy (non-hydrogen) atoms. The van der Waals surface area contributed by atoms with Crippen LogP contribution in [0.3, 0.4) is 0 Å². The number of anilines is 1. The molecule has 2 aromatic heterocycles. The highest BCUT2D eigenvalue weighted by Crippen LogP contribution is 2.25. The Balaban J connectivity index is 1.08. The van der Waals surface area contributed by atoms with Gasteiger partial charge in [-0.1, -0.05) is 31.2 Å². The third-order valence-corrected chi connectivity index (χ3v) is 7.74. The van der Waals surface area contributed by atoms with E-state index in [2.05, 4.69) is 59.1 Å². The number of hydrogen-bond acceptors (Lipinski definition) is 4. The summed E-state index contributed by atoms with van der Waals surface area (Å²) in [4.78, 5) is 35.6. The quantitative estimate of drug-likeness (QED) is 0.399. The second kappa shape index (κ2) is 11.1. The fourth-order valence-corrected chi connectivity index (χ4v) is 5.55. The lowest BCUT2D eigenvalue weighted by atomic mass is 9.99. The SMILES string of the molecule is CC[C@@H](CCc1c[nH]c2ccccc12)NC(=O)CN1CC[C@@H](CCc2ccc3c(n2)NCCC3)C1=O. The highest BCUT2D eigenvalue weighted by molar-refractivity contribution is 5.87. The molecule has 0 spiro atoms. The number of H-pyrrole nitrogens is 1. The number of aromatic amines is 1. The highest BCUT2D eigenvalue weighted by Gasteiger charge is 2.32. The van der Waals surface area contributed by atoms with Crippen LogP contribution in [0, 0.1) is 5.92 Å². The molecular formula is C29H37N5O2. The van der Waals surface area contributed by atoms with Gasteiger partial charge in [-0.15, -0.1) is 0 Å². The maximum atomic E-state index is 13.0. The van der Waals surface area contributed by atoms with Crippen LogP contribution in [-0.4, -0.2) is 52.4 Å². The monoisotopic (exact) mass is 487 g/mol. The number of carbonyl (C=O) groups excluding carboxylic acids is 2. The van der Waals surface area contributed by atoms with E-state index in [4.69, 9.17) is 4.98 Å². The fourth-order valence-electron chi connectivity index (χ4n) is 5.55. The summed E-state index contributed by atoms with van der Waals surface area (Å²) in [6.07, 6.45) is 9.33. The van der Waals surface area contributed by atoms with Crippen LogP contribution in [0.2, 0.25) is 0 Å². The van der Waals surface area contributed by atoms with Crippen LogP contribution < -0.4 is 10.6 Å². The summed E-state index contributed by atoms with van der Waals surface area (Å²) in [5.74, 6) is 1.03. The lowest BCUT2D eigenvalue weighted by Crippen LogP contribution is -2.43. The van der Waals surface area contributed by atoms with E-state index in [0.717, 1.165) is 74.9 Å². The van der Waals surface area contributed by atoms with E-state index in [1.807, 2.05) is 6.07 Å². The van der Waals surface area contributed by atoms with E-state index in [9.17, 15) is 9.59 Å². The Bertz CT molecular complexity index is 1220. The topological polar surface area (TPSA) is 90.1 Å². The molecule has 7 heteroatoms. The number of rotatable bonds is 10. The van der Waals surface area contributed by atoms with Crippen LogP contribution in [0.5, 0.6) is 0 Å². The molecule has 1 aromatic carbocycles. The molecule has 5 rings (SSSR count). The van der Waals surface area contributed by atoms with Crippen molar-refractivity contribution in [3.8, 4) is 0 Å². The molecule has 4 heterocycles. The lowest BCUT2D eigenvalue weighted by Gasteiger charge is -2.21. The van der Waals surface area contributed by atoms with Crippen molar-refractivity contribution >= 4 is 28.5 Å². The summed E-state index contributed by atoms with van der Waals surface area (Å²) in [5.41, 5.74) is 4.74. The van der Waals surface area contributed by atoms with E-state index >= 15 is 0 Å². The number of nitrogens with one attached hydrogen (secondary N) is 3. The number of amides is 2. The van der Waals surface area contributed by atoms with Crippen molar-refractivity contribution in [1.29, 1.82) is 0 Å². The van der Waals surface area contributed by atoms with Gasteiger partial charge in [0.2, 0.25) is 11.8 Å². The molecule has 0 aliphatic carbocycles. The van der Waals surface area contributed by atoms with Crippen molar-refractivity contribution in [2.24, 2.45) is 5.92 Å². The molecule has 190 valence electrons. The minimum absolute atomic E-state index is 0.0209. The molecule has 0 bridgehead atoms. The number of carbonyl (C=O) groups is 2. The van der Waals surface area contributed by atoms with E-state index in [0.29, 0.717) is 6.54 Å². The van der Waals surface area contributed by atoms with Crippen molar-refractivity contribution in [2.45, 2.75) is 64.3 Å². The smallest absolute Gasteiger partial charge is 0.239 e. The zero-order valence-electron chi connectivity index (χ0n) is 21.2. The highest BCUT2D eigenvalue weighted by atomic mass is 16.2. The molecule has 2 atom stereocenters. The number of hydrogen-bond donors (Lipinski definition) is 3. The van der Waals surface area contributed by atoms with Crippen LogP contribution in [0.4, 0.5) is 5.82 Å². The van der Waals surface area contributed by atoms with Crippen molar-refractivity contribution in [2.75, 3.05) is 25.0 Å². The Hall–Kier alpha value is -3.35. The molecule has 2 aliphatic rings. The Kier molecular flexibility index (Phi) is 7.54. The fraction of sp³-hybridized carbons (Fsp3) is 0.483. The van der Waals surface area contributed by atoms with Gasteiger partial charge in [-0.3, -0.25) is 9.59 Å². The van der Waals surface area contributed by atoms with Gasteiger partial charge in [-0.05, 0) is 74.6 Å². The van der Waals surface area contributed by atoms with Gasteiger partial charge in [0.25, 0.3) is 0 Å². The summed E-state index contributed by atoms with van der Waals surface area (Å²) in [7, 11) is 0. The van der Waals surface area contributed by atoms with Crippen molar-refractivity contribution in [3.05, 3.63) is 59.4 Å². The molecule has 3 aromatic rings. The maximum Gasteiger partial charge on any atom is 0.239 e. The molecule has 0 saturated carbocycles. The predicted molar refractivity (Wildman–Crippen MR) is 143 cm³/mol. The first kappa shape index (κ1) is 24.3. The summed E-state index contributed by atoms with van der Waals surface area (Å²) in [5, 5.41) is 7.79. The summed E-state index contributed by atoms with van der Waals surface area (Å²) < 4.78 is 0. The maximum absolute atomic E-state index is 13.0. The average molecular weight is 488 g/mol. The molecular weight excluding hydrogens is 450 g/mol. The van der Waals surface area contributed by atoms with Gasteiger partial charge in [0.1, 0.15) is 5.82 Å². The largest absolute Gasteiger partial charge is 0.370 e. The number of nitrogens with zero attached hydrogens (tertiary/aromatic N) is 2. The molecule has 2 aliphatic heterocycles. The van der Waals surface area contributed by atoms with Crippen LogP contribution in [0.1, 0.15) is 55.8 Å². The van der Waals surface area contributed by atoms with Crippen LogP contribution in [0.15, 0.2) is 42.6 Å². The Morgan fingerprint density at radius 1 is 1.22 bits per heavy atom. The van der Waals surface area contributed by atoms with Gasteiger partial charge in [0.05, 0.1) is 6.54 Å². The van der Waals surface area contributed by atoms with Crippen LogP contribution in [-0.2, 0) is 28.9 Å². The second-order valence-electron chi connectivity index (χ2n) is 10.2. The van der Waals surface area contributed by atoms with Crippen molar-refractivity contribution in [1.82, 2.24) is 20.2 Å². The molecule has 1 saturated heterocycles. The summed E-state index contributed by atoms with van der Waals surface area (Å²) in [6, 6.07) is 12.7. The number of para-hydroxylation sites is 1. The minimum atomic E-state index is -0.0581. The van der Waals surface area contributed by atoms with Crippen LogP contribution in [0.25, 0.3) is 10.9 Å². The van der Waals surface area contributed by atoms with E-state index < -0.39 is 0 Å². The number of benzene rings is 1. The Labute approximate surface area is 213 Å². The molecule has 3 N–H and O–H groups in total. The second-order valence-corrected chi connectivity index (χ2v) is 10.2. The van der Waals surface area contributed by atoms with Gasteiger partial charge in [-0.2, -0.15) is 0 Å². The number of aryl methyl sites for hydroxylation is 3. The van der Waals surface area contributed by atoms with Gasteiger partial charge in [0, 0.05) is 47.8 Å². The number of likely N-dealkylation sites (tertiary alicyclic amines) is 1. The van der Waals surface area contributed by atoms with Crippen LogP contribution >= 0.6 is 0 Å². The summed E-state index contributed by atoms with van der Waals surface area (Å²) in [6.45, 7) is 3.88. The van der Waals surface area contributed by atoms with E-state index in [1.165, 1.54) is 16.5 Å². The van der Waals surface area contributed by atoms with Gasteiger partial charge >= 0.3 is 0 Å². The van der Waals surface area contributed by atoms with Gasteiger partial charge < -0.3 is 20.5 Å². The number of pyridine rings is 1. The Morgan fingerprint density at radius 2 is 2.11 bits per heavy atom. The first-order valence-corrected chi connectivity index (χ1v) is 13.5. The molecule has 1 fully saturated rings. The third-order valence-electron chi connectivity index (χ3n) is 7.74. The first-order valence-electron chi connectivity index (χ1n) is 13.5. The molecule has 0 radical (unpaired) electrons. The molecule has 0 unspecified atom stereocenters.